The van der Waals surface area contributed by atoms with Crippen LogP contribution >= 0.6 is 0 Å². The van der Waals surface area contributed by atoms with E-state index < -0.39 is 5.97 Å². The number of hydrogen-bond acceptors (Lipinski definition) is 5. The molecule has 1 saturated heterocycles. The van der Waals surface area contributed by atoms with Crippen molar-refractivity contribution in [2.75, 3.05) is 31.6 Å². The van der Waals surface area contributed by atoms with Gasteiger partial charge in [-0.05, 0) is 54.7 Å². The fraction of sp³-hybridized carbons (Fsp3) is 0.391. The number of para-hydroxylation sites is 1. The first kappa shape index (κ1) is 20.7. The molecule has 1 amide bonds. The Bertz CT molecular complexity index is 797. The average Bonchev–Trinajstić information content (AvgIpc) is 2.71. The van der Waals surface area contributed by atoms with Gasteiger partial charge in [0.25, 0.3) is 5.91 Å². The summed E-state index contributed by atoms with van der Waals surface area (Å²) in [5, 5.41) is 3.28. The smallest absolute Gasteiger partial charge is 0.344 e. The van der Waals surface area contributed by atoms with Gasteiger partial charge in [0, 0.05) is 24.5 Å². The molecular formula is C23H28N2O4. The SMILES string of the molecule is C[C@H]1C[C@H](C)CN(C(=O)COC(=O)COc2ccc(Nc3ccccc3)cc2)C1. The molecule has 0 aromatic heterocycles. The summed E-state index contributed by atoms with van der Waals surface area (Å²) in [5.74, 6) is 0.809. The van der Waals surface area contributed by atoms with Gasteiger partial charge >= 0.3 is 5.97 Å². The first-order valence-corrected chi connectivity index (χ1v) is 9.98. The van der Waals surface area contributed by atoms with E-state index in [0.717, 1.165) is 30.9 Å². The first-order chi connectivity index (χ1) is 14.0. The molecule has 2 aromatic carbocycles. The molecule has 1 fully saturated rings. The highest BCUT2D eigenvalue weighted by atomic mass is 16.6. The van der Waals surface area contributed by atoms with Crippen molar-refractivity contribution in [2.24, 2.45) is 11.8 Å². The molecule has 2 atom stereocenters. The van der Waals surface area contributed by atoms with Gasteiger partial charge in [-0.2, -0.15) is 0 Å². The van der Waals surface area contributed by atoms with Crippen molar-refractivity contribution < 1.29 is 19.1 Å². The van der Waals surface area contributed by atoms with Gasteiger partial charge in [-0.15, -0.1) is 0 Å². The van der Waals surface area contributed by atoms with E-state index in [-0.39, 0.29) is 19.1 Å². The molecule has 2 aromatic rings. The molecule has 0 bridgehead atoms. The molecule has 1 heterocycles. The van der Waals surface area contributed by atoms with Gasteiger partial charge in [0.1, 0.15) is 5.75 Å². The van der Waals surface area contributed by atoms with Crippen LogP contribution in [-0.2, 0) is 14.3 Å². The van der Waals surface area contributed by atoms with E-state index in [4.69, 9.17) is 9.47 Å². The Hall–Kier alpha value is -3.02. The number of nitrogens with zero attached hydrogens (tertiary/aromatic N) is 1. The number of rotatable bonds is 7. The maximum absolute atomic E-state index is 12.3. The third kappa shape index (κ3) is 6.52. The lowest BCUT2D eigenvalue weighted by atomic mass is 9.92. The number of nitrogens with one attached hydrogen (secondary N) is 1. The maximum atomic E-state index is 12.3. The number of ether oxygens (including phenoxy) is 2. The molecule has 1 N–H and O–H groups in total. The molecule has 0 unspecified atom stereocenters. The number of benzene rings is 2. The zero-order chi connectivity index (χ0) is 20.6. The number of likely N-dealkylation sites (tertiary alicyclic amines) is 1. The van der Waals surface area contributed by atoms with Crippen LogP contribution in [-0.4, -0.2) is 43.1 Å². The Balaban J connectivity index is 1.39. The molecule has 1 aliphatic rings. The number of hydrogen-bond donors (Lipinski definition) is 1. The molecule has 1 aliphatic heterocycles. The quantitative estimate of drug-likeness (QED) is 0.720. The van der Waals surface area contributed by atoms with Crippen molar-refractivity contribution in [3.63, 3.8) is 0 Å². The van der Waals surface area contributed by atoms with E-state index in [0.29, 0.717) is 17.6 Å². The predicted octanol–water partition coefficient (Wildman–Crippen LogP) is 3.86. The molecule has 0 aliphatic carbocycles. The Morgan fingerprint density at radius 2 is 1.55 bits per heavy atom. The minimum atomic E-state index is -0.553. The fourth-order valence-electron chi connectivity index (χ4n) is 3.61. The standard InChI is InChI=1S/C23H28N2O4/c1-17-12-18(2)14-25(13-17)22(26)15-29-23(27)16-28-21-10-8-20(9-11-21)24-19-6-4-3-5-7-19/h3-11,17-18,24H,12-16H2,1-2H3/t17-,18-/m0/s1. The van der Waals surface area contributed by atoms with E-state index in [9.17, 15) is 9.59 Å². The Morgan fingerprint density at radius 3 is 2.21 bits per heavy atom. The van der Waals surface area contributed by atoms with Crippen LogP contribution in [0, 0.1) is 11.8 Å². The van der Waals surface area contributed by atoms with Crippen molar-refractivity contribution in [1.29, 1.82) is 0 Å². The highest BCUT2D eigenvalue weighted by Crippen LogP contribution is 2.21. The van der Waals surface area contributed by atoms with E-state index in [1.165, 1.54) is 0 Å². The second kappa shape index (κ2) is 9.96. The van der Waals surface area contributed by atoms with Crippen molar-refractivity contribution in [3.8, 4) is 5.75 Å². The lowest BCUT2D eigenvalue weighted by Gasteiger charge is -2.34. The summed E-state index contributed by atoms with van der Waals surface area (Å²) < 4.78 is 10.5. The number of amides is 1. The number of carbonyl (C=O) groups excluding carboxylic acids is 2. The topological polar surface area (TPSA) is 67.9 Å². The van der Waals surface area contributed by atoms with Crippen LogP contribution in [0.2, 0.25) is 0 Å². The van der Waals surface area contributed by atoms with Gasteiger partial charge in [-0.3, -0.25) is 4.79 Å². The second-order valence-electron chi connectivity index (χ2n) is 7.71. The van der Waals surface area contributed by atoms with Gasteiger partial charge in [0.15, 0.2) is 13.2 Å². The maximum Gasteiger partial charge on any atom is 0.344 e. The van der Waals surface area contributed by atoms with Crippen LogP contribution < -0.4 is 10.1 Å². The number of anilines is 2. The van der Waals surface area contributed by atoms with Crippen LogP contribution in [0.15, 0.2) is 54.6 Å². The molecule has 29 heavy (non-hydrogen) atoms. The van der Waals surface area contributed by atoms with Gasteiger partial charge in [-0.25, -0.2) is 4.79 Å². The zero-order valence-corrected chi connectivity index (χ0v) is 17.0. The largest absolute Gasteiger partial charge is 0.482 e. The van der Waals surface area contributed by atoms with E-state index in [1.807, 2.05) is 42.5 Å². The molecular weight excluding hydrogens is 368 g/mol. The Morgan fingerprint density at radius 1 is 0.931 bits per heavy atom. The molecule has 6 heteroatoms. The van der Waals surface area contributed by atoms with Gasteiger partial charge in [0.2, 0.25) is 0 Å². The van der Waals surface area contributed by atoms with E-state index in [1.54, 1.807) is 17.0 Å². The Labute approximate surface area is 171 Å². The minimum absolute atomic E-state index is 0.145. The van der Waals surface area contributed by atoms with E-state index in [2.05, 4.69) is 19.2 Å². The second-order valence-corrected chi connectivity index (χ2v) is 7.71. The average molecular weight is 396 g/mol. The lowest BCUT2D eigenvalue weighted by molar-refractivity contribution is -0.154. The zero-order valence-electron chi connectivity index (χ0n) is 17.0. The van der Waals surface area contributed by atoms with Crippen molar-refractivity contribution >= 4 is 23.3 Å². The normalized spacial score (nSPS) is 18.8. The lowest BCUT2D eigenvalue weighted by Crippen LogP contribution is -2.44. The molecule has 6 nitrogen and oxygen atoms in total. The van der Waals surface area contributed by atoms with Crippen LogP contribution in [0.25, 0.3) is 0 Å². The molecule has 0 spiro atoms. The summed E-state index contributed by atoms with van der Waals surface area (Å²) in [6, 6.07) is 17.1. The van der Waals surface area contributed by atoms with Gasteiger partial charge < -0.3 is 19.7 Å². The Kier molecular flexibility index (Phi) is 7.11. The number of esters is 1. The molecule has 154 valence electrons. The summed E-state index contributed by atoms with van der Waals surface area (Å²) in [6.07, 6.45) is 1.12. The monoisotopic (exact) mass is 396 g/mol. The van der Waals surface area contributed by atoms with E-state index >= 15 is 0 Å². The van der Waals surface area contributed by atoms with Crippen LogP contribution in [0.3, 0.4) is 0 Å². The molecule has 0 saturated carbocycles. The highest BCUT2D eigenvalue weighted by molar-refractivity contribution is 5.81. The summed E-state index contributed by atoms with van der Waals surface area (Å²) >= 11 is 0. The predicted molar refractivity (Wildman–Crippen MR) is 112 cm³/mol. The van der Waals surface area contributed by atoms with Crippen LogP contribution in [0.1, 0.15) is 20.3 Å². The van der Waals surface area contributed by atoms with Crippen molar-refractivity contribution in [1.82, 2.24) is 4.90 Å². The summed E-state index contributed by atoms with van der Waals surface area (Å²) in [7, 11) is 0. The minimum Gasteiger partial charge on any atom is -0.482 e. The summed E-state index contributed by atoms with van der Waals surface area (Å²) in [6.45, 7) is 5.25. The van der Waals surface area contributed by atoms with Crippen molar-refractivity contribution in [2.45, 2.75) is 20.3 Å². The molecule has 0 radical (unpaired) electrons. The summed E-state index contributed by atoms with van der Waals surface area (Å²) in [5.41, 5.74) is 1.91. The summed E-state index contributed by atoms with van der Waals surface area (Å²) in [4.78, 5) is 25.9. The first-order valence-electron chi connectivity index (χ1n) is 9.98. The highest BCUT2D eigenvalue weighted by Gasteiger charge is 2.25. The molecule has 3 rings (SSSR count). The van der Waals surface area contributed by atoms with Gasteiger partial charge in [0.05, 0.1) is 0 Å². The number of carbonyl (C=O) groups is 2. The fourth-order valence-corrected chi connectivity index (χ4v) is 3.61. The van der Waals surface area contributed by atoms with Crippen LogP contribution in [0.4, 0.5) is 11.4 Å². The third-order valence-electron chi connectivity index (χ3n) is 4.85. The third-order valence-corrected chi connectivity index (χ3v) is 4.85. The van der Waals surface area contributed by atoms with Gasteiger partial charge in [-0.1, -0.05) is 32.0 Å². The van der Waals surface area contributed by atoms with Crippen LogP contribution in [0.5, 0.6) is 5.75 Å². The van der Waals surface area contributed by atoms with Crippen molar-refractivity contribution in [3.05, 3.63) is 54.6 Å². The number of piperidine rings is 1.